The van der Waals surface area contributed by atoms with Gasteiger partial charge in [0.25, 0.3) is 5.91 Å². The van der Waals surface area contributed by atoms with Gasteiger partial charge in [0.1, 0.15) is 16.6 Å². The summed E-state index contributed by atoms with van der Waals surface area (Å²) in [6.45, 7) is 0.0964. The lowest BCUT2D eigenvalue weighted by Gasteiger charge is -2.18. The molecule has 0 aliphatic carbocycles. The van der Waals surface area contributed by atoms with Gasteiger partial charge in [0, 0.05) is 7.11 Å². The Morgan fingerprint density at radius 3 is 2.52 bits per heavy atom. The molecule has 1 atom stereocenters. The van der Waals surface area contributed by atoms with Gasteiger partial charge in [0.05, 0.1) is 25.0 Å². The Balaban J connectivity index is 2.13. The number of halogens is 4. The van der Waals surface area contributed by atoms with E-state index >= 15 is 0 Å². The van der Waals surface area contributed by atoms with Crippen LogP contribution in [-0.2, 0) is 4.74 Å². The summed E-state index contributed by atoms with van der Waals surface area (Å²) in [6.07, 6.45) is -2.25. The Hall–Kier alpha value is -2.39. The standard InChI is InChI=1S/C15H13ClF3N3O3/c1-24-8-12(22-14(23)11-6-20-7-13(16)21-11)9-2-4-10(5-3-9)25-15(17,18)19/h2-7,12H,8H2,1H3,(H,22,23). The molecule has 0 spiro atoms. The minimum absolute atomic E-state index is 0.00521. The first-order valence-corrected chi connectivity index (χ1v) is 7.29. The van der Waals surface area contributed by atoms with Crippen molar-refractivity contribution >= 4 is 17.5 Å². The van der Waals surface area contributed by atoms with E-state index in [1.54, 1.807) is 0 Å². The van der Waals surface area contributed by atoms with E-state index in [9.17, 15) is 18.0 Å². The lowest BCUT2D eigenvalue weighted by Crippen LogP contribution is -2.32. The zero-order valence-corrected chi connectivity index (χ0v) is 13.6. The molecule has 0 bridgehead atoms. The summed E-state index contributed by atoms with van der Waals surface area (Å²) in [7, 11) is 1.43. The van der Waals surface area contributed by atoms with Crippen molar-refractivity contribution in [2.75, 3.05) is 13.7 Å². The van der Waals surface area contributed by atoms with Crippen molar-refractivity contribution < 1.29 is 27.4 Å². The molecule has 1 amide bonds. The topological polar surface area (TPSA) is 73.3 Å². The Kier molecular flexibility index (Phi) is 6.16. The fourth-order valence-electron chi connectivity index (χ4n) is 1.97. The first kappa shape index (κ1) is 18.9. The number of carbonyl (C=O) groups excluding carboxylic acids is 1. The number of carbonyl (C=O) groups is 1. The summed E-state index contributed by atoms with van der Waals surface area (Å²) >= 11 is 5.69. The van der Waals surface area contributed by atoms with Crippen LogP contribution in [0.4, 0.5) is 13.2 Å². The van der Waals surface area contributed by atoms with E-state index in [4.69, 9.17) is 16.3 Å². The summed E-state index contributed by atoms with van der Waals surface area (Å²) < 4.78 is 45.4. The predicted molar refractivity (Wildman–Crippen MR) is 82.3 cm³/mol. The normalized spacial score (nSPS) is 12.5. The van der Waals surface area contributed by atoms with Crippen LogP contribution in [0.25, 0.3) is 0 Å². The van der Waals surface area contributed by atoms with Crippen LogP contribution in [0.3, 0.4) is 0 Å². The lowest BCUT2D eigenvalue weighted by atomic mass is 10.1. The number of amides is 1. The van der Waals surface area contributed by atoms with Gasteiger partial charge in [-0.3, -0.25) is 9.78 Å². The molecule has 0 saturated carbocycles. The average molecular weight is 376 g/mol. The number of alkyl halides is 3. The van der Waals surface area contributed by atoms with Crippen molar-refractivity contribution in [3.63, 3.8) is 0 Å². The van der Waals surface area contributed by atoms with E-state index < -0.39 is 18.3 Å². The zero-order chi connectivity index (χ0) is 18.4. The van der Waals surface area contributed by atoms with Crippen LogP contribution in [0.1, 0.15) is 22.1 Å². The molecular formula is C15H13ClF3N3O3. The molecule has 1 N–H and O–H groups in total. The molecular weight excluding hydrogens is 363 g/mol. The third-order valence-electron chi connectivity index (χ3n) is 2.99. The highest BCUT2D eigenvalue weighted by atomic mass is 35.5. The average Bonchev–Trinajstić information content (AvgIpc) is 2.53. The molecule has 1 aromatic carbocycles. The van der Waals surface area contributed by atoms with Crippen molar-refractivity contribution in [1.82, 2.24) is 15.3 Å². The van der Waals surface area contributed by atoms with Crippen LogP contribution < -0.4 is 10.1 Å². The SMILES string of the molecule is COCC(NC(=O)c1cncc(Cl)n1)c1ccc(OC(F)(F)F)cc1. The molecule has 10 heteroatoms. The molecule has 25 heavy (non-hydrogen) atoms. The smallest absolute Gasteiger partial charge is 0.406 e. The van der Waals surface area contributed by atoms with Crippen LogP contribution in [0.2, 0.25) is 5.15 Å². The Bertz CT molecular complexity index is 726. The van der Waals surface area contributed by atoms with Crippen molar-refractivity contribution in [1.29, 1.82) is 0 Å². The summed E-state index contributed by atoms with van der Waals surface area (Å²) in [5, 5.41) is 2.72. The number of nitrogens with zero attached hydrogens (tertiary/aromatic N) is 2. The van der Waals surface area contributed by atoms with Crippen LogP contribution in [0, 0.1) is 0 Å². The van der Waals surface area contributed by atoms with E-state index in [0.717, 1.165) is 12.1 Å². The van der Waals surface area contributed by atoms with Gasteiger partial charge in [-0.15, -0.1) is 13.2 Å². The van der Waals surface area contributed by atoms with Gasteiger partial charge in [-0.2, -0.15) is 0 Å². The van der Waals surface area contributed by atoms with Crippen molar-refractivity contribution in [2.45, 2.75) is 12.4 Å². The van der Waals surface area contributed by atoms with Crippen molar-refractivity contribution in [3.05, 3.63) is 53.1 Å². The zero-order valence-electron chi connectivity index (χ0n) is 12.9. The number of rotatable bonds is 6. The van der Waals surface area contributed by atoms with E-state index in [1.807, 2.05) is 0 Å². The first-order valence-electron chi connectivity index (χ1n) is 6.91. The van der Waals surface area contributed by atoms with Gasteiger partial charge in [0.2, 0.25) is 0 Å². The van der Waals surface area contributed by atoms with Crippen LogP contribution >= 0.6 is 11.6 Å². The maximum Gasteiger partial charge on any atom is 0.573 e. The highest BCUT2D eigenvalue weighted by Gasteiger charge is 2.31. The predicted octanol–water partition coefficient (Wildman–Crippen LogP) is 3.15. The van der Waals surface area contributed by atoms with Crippen molar-refractivity contribution in [2.24, 2.45) is 0 Å². The summed E-state index contributed by atoms with van der Waals surface area (Å²) in [6, 6.07) is 4.48. The minimum atomic E-state index is -4.77. The molecule has 1 heterocycles. The van der Waals surface area contributed by atoms with Gasteiger partial charge in [-0.05, 0) is 17.7 Å². The van der Waals surface area contributed by atoms with Gasteiger partial charge >= 0.3 is 6.36 Å². The van der Waals surface area contributed by atoms with E-state index in [2.05, 4.69) is 20.0 Å². The van der Waals surface area contributed by atoms with Gasteiger partial charge in [0.15, 0.2) is 0 Å². The molecule has 0 fully saturated rings. The lowest BCUT2D eigenvalue weighted by molar-refractivity contribution is -0.274. The molecule has 2 rings (SSSR count). The molecule has 134 valence electrons. The van der Waals surface area contributed by atoms with Crippen LogP contribution in [0.15, 0.2) is 36.7 Å². The molecule has 0 saturated heterocycles. The molecule has 0 aliphatic rings. The maximum atomic E-state index is 12.2. The number of nitrogens with one attached hydrogen (secondary N) is 1. The van der Waals surface area contributed by atoms with Gasteiger partial charge in [-0.25, -0.2) is 4.98 Å². The molecule has 1 aromatic heterocycles. The molecule has 0 aliphatic heterocycles. The largest absolute Gasteiger partial charge is 0.573 e. The van der Waals surface area contributed by atoms with E-state index in [-0.39, 0.29) is 23.2 Å². The Labute approximate surface area is 145 Å². The maximum absolute atomic E-state index is 12.2. The molecule has 1 unspecified atom stereocenters. The third-order valence-corrected chi connectivity index (χ3v) is 3.17. The highest BCUT2D eigenvalue weighted by Crippen LogP contribution is 2.24. The second kappa shape index (κ2) is 8.13. The van der Waals surface area contributed by atoms with Crippen LogP contribution in [0.5, 0.6) is 5.75 Å². The van der Waals surface area contributed by atoms with Gasteiger partial charge < -0.3 is 14.8 Å². The second-order valence-electron chi connectivity index (χ2n) is 4.83. The quantitative estimate of drug-likeness (QED) is 0.839. The number of hydrogen-bond donors (Lipinski definition) is 1. The number of methoxy groups -OCH3 is 1. The summed E-state index contributed by atoms with van der Waals surface area (Å²) in [4.78, 5) is 19.8. The first-order chi connectivity index (χ1) is 11.8. The molecule has 6 nitrogen and oxygen atoms in total. The monoisotopic (exact) mass is 375 g/mol. The summed E-state index contributed by atoms with van der Waals surface area (Å²) in [5.74, 6) is -0.910. The second-order valence-corrected chi connectivity index (χ2v) is 5.21. The Morgan fingerprint density at radius 2 is 1.96 bits per heavy atom. The minimum Gasteiger partial charge on any atom is -0.406 e. The summed E-state index contributed by atoms with van der Waals surface area (Å²) in [5.41, 5.74) is 0.533. The van der Waals surface area contributed by atoms with E-state index in [1.165, 1.54) is 31.6 Å². The number of hydrogen-bond acceptors (Lipinski definition) is 5. The molecule has 2 aromatic rings. The van der Waals surface area contributed by atoms with E-state index in [0.29, 0.717) is 5.56 Å². The number of aromatic nitrogens is 2. The number of ether oxygens (including phenoxy) is 2. The van der Waals surface area contributed by atoms with Crippen LogP contribution in [-0.4, -0.2) is 36.0 Å². The van der Waals surface area contributed by atoms with Gasteiger partial charge in [-0.1, -0.05) is 23.7 Å². The van der Waals surface area contributed by atoms with Crippen molar-refractivity contribution in [3.8, 4) is 5.75 Å². The fraction of sp³-hybridized carbons (Fsp3) is 0.267. The molecule has 0 radical (unpaired) electrons. The fourth-order valence-corrected chi connectivity index (χ4v) is 2.12. The highest BCUT2D eigenvalue weighted by molar-refractivity contribution is 6.29. The number of benzene rings is 1. The third kappa shape index (κ3) is 5.87. The Morgan fingerprint density at radius 1 is 1.28 bits per heavy atom.